The van der Waals surface area contributed by atoms with Crippen LogP contribution < -0.4 is 5.32 Å². The van der Waals surface area contributed by atoms with Crippen LogP contribution in [0, 0.1) is 11.6 Å². The van der Waals surface area contributed by atoms with Crippen molar-refractivity contribution in [3.05, 3.63) is 47.5 Å². The predicted molar refractivity (Wildman–Crippen MR) is 64.1 cm³/mol. The van der Waals surface area contributed by atoms with E-state index in [-0.39, 0.29) is 12.1 Å². The molecule has 6 heteroatoms. The molecule has 4 nitrogen and oxygen atoms in total. The number of benzene rings is 1. The molecule has 0 heterocycles. The monoisotopic (exact) mass is 271 g/mol. The smallest absolute Gasteiger partial charge is 0.130 e. The molecule has 2 rings (SSSR count). The highest BCUT2D eigenvalue weighted by Gasteiger charge is 2.32. The lowest BCUT2D eigenvalue weighted by molar-refractivity contribution is -0.0567. The molecule has 0 radical (unpaired) electrons. The lowest BCUT2D eigenvalue weighted by Gasteiger charge is -2.31. The maximum atomic E-state index is 13.4. The maximum absolute atomic E-state index is 13.4. The van der Waals surface area contributed by atoms with Gasteiger partial charge >= 0.3 is 0 Å². The van der Waals surface area contributed by atoms with E-state index in [9.17, 15) is 24.1 Å². The number of nitrogens with one attached hydrogen (secondary N) is 1. The number of aliphatic hydroxyl groups is 3. The van der Waals surface area contributed by atoms with Crippen molar-refractivity contribution in [1.82, 2.24) is 5.32 Å². The molecule has 0 amide bonds. The van der Waals surface area contributed by atoms with E-state index in [4.69, 9.17) is 0 Å². The third kappa shape index (κ3) is 2.98. The molecule has 19 heavy (non-hydrogen) atoms. The van der Waals surface area contributed by atoms with Crippen LogP contribution in [0.5, 0.6) is 0 Å². The Morgan fingerprint density at radius 3 is 2.26 bits per heavy atom. The summed E-state index contributed by atoms with van der Waals surface area (Å²) in [6, 6.07) is 2.87. The first-order valence-corrected chi connectivity index (χ1v) is 5.89. The second-order valence-corrected chi connectivity index (χ2v) is 4.46. The highest BCUT2D eigenvalue weighted by atomic mass is 19.1. The number of hydrogen-bond acceptors (Lipinski definition) is 4. The van der Waals surface area contributed by atoms with Crippen molar-refractivity contribution >= 4 is 0 Å². The second kappa shape index (κ2) is 5.75. The average molecular weight is 271 g/mol. The number of hydrogen-bond donors (Lipinski definition) is 4. The van der Waals surface area contributed by atoms with E-state index in [2.05, 4.69) is 5.32 Å². The summed E-state index contributed by atoms with van der Waals surface area (Å²) in [5.74, 6) is -1.36. The largest absolute Gasteiger partial charge is 0.388 e. The molecule has 4 atom stereocenters. The highest BCUT2D eigenvalue weighted by molar-refractivity contribution is 5.20. The molecular formula is C13H15F2NO3. The summed E-state index contributed by atoms with van der Waals surface area (Å²) >= 11 is 0. The van der Waals surface area contributed by atoms with Crippen molar-refractivity contribution in [2.24, 2.45) is 0 Å². The van der Waals surface area contributed by atoms with Gasteiger partial charge in [-0.25, -0.2) is 8.78 Å². The van der Waals surface area contributed by atoms with Gasteiger partial charge in [-0.05, 0) is 12.1 Å². The molecular weight excluding hydrogens is 256 g/mol. The molecule has 1 aromatic rings. The van der Waals surface area contributed by atoms with E-state index in [1.807, 2.05) is 0 Å². The van der Waals surface area contributed by atoms with Gasteiger partial charge < -0.3 is 20.6 Å². The van der Waals surface area contributed by atoms with Gasteiger partial charge in [0.05, 0.1) is 6.04 Å². The molecule has 0 bridgehead atoms. The van der Waals surface area contributed by atoms with Crippen molar-refractivity contribution < 1.29 is 24.1 Å². The number of rotatable bonds is 3. The van der Waals surface area contributed by atoms with Gasteiger partial charge in [0.1, 0.15) is 29.9 Å². The van der Waals surface area contributed by atoms with E-state index in [0.29, 0.717) is 0 Å². The van der Waals surface area contributed by atoms with Gasteiger partial charge in [0, 0.05) is 12.1 Å². The zero-order valence-corrected chi connectivity index (χ0v) is 10.0. The summed E-state index contributed by atoms with van der Waals surface area (Å²) < 4.78 is 26.8. The fraction of sp³-hybridized carbons (Fsp3) is 0.385. The topological polar surface area (TPSA) is 72.7 Å². The van der Waals surface area contributed by atoms with Crippen LogP contribution >= 0.6 is 0 Å². The first-order valence-electron chi connectivity index (χ1n) is 5.89. The van der Waals surface area contributed by atoms with E-state index in [1.165, 1.54) is 18.2 Å². The lowest BCUT2D eigenvalue weighted by Crippen LogP contribution is -2.51. The Morgan fingerprint density at radius 1 is 1.00 bits per heavy atom. The molecule has 0 aromatic heterocycles. The van der Waals surface area contributed by atoms with Crippen molar-refractivity contribution in [2.45, 2.75) is 30.9 Å². The molecule has 104 valence electrons. The van der Waals surface area contributed by atoms with Gasteiger partial charge in [0.15, 0.2) is 0 Å². The van der Waals surface area contributed by atoms with E-state index >= 15 is 0 Å². The van der Waals surface area contributed by atoms with E-state index < -0.39 is 36.0 Å². The van der Waals surface area contributed by atoms with Crippen LogP contribution in [0.3, 0.4) is 0 Å². The molecule has 4 N–H and O–H groups in total. The van der Waals surface area contributed by atoms with E-state index in [0.717, 1.165) is 12.1 Å². The van der Waals surface area contributed by atoms with Gasteiger partial charge in [0.2, 0.25) is 0 Å². The Balaban J connectivity index is 2.05. The summed E-state index contributed by atoms with van der Waals surface area (Å²) in [6.07, 6.45) is -0.922. The fourth-order valence-corrected chi connectivity index (χ4v) is 1.99. The Bertz CT molecular complexity index is 461. The maximum Gasteiger partial charge on any atom is 0.130 e. The fourth-order valence-electron chi connectivity index (χ4n) is 1.99. The molecule has 0 saturated heterocycles. The Kier molecular flexibility index (Phi) is 4.26. The molecule has 0 fully saturated rings. The van der Waals surface area contributed by atoms with Crippen molar-refractivity contribution in [2.75, 3.05) is 0 Å². The van der Waals surface area contributed by atoms with Crippen molar-refractivity contribution in [1.29, 1.82) is 0 Å². The average Bonchev–Trinajstić information content (AvgIpc) is 2.38. The van der Waals surface area contributed by atoms with Crippen molar-refractivity contribution in [3.63, 3.8) is 0 Å². The summed E-state index contributed by atoms with van der Waals surface area (Å²) in [4.78, 5) is 0. The highest BCUT2D eigenvalue weighted by Crippen LogP contribution is 2.16. The second-order valence-electron chi connectivity index (χ2n) is 4.46. The van der Waals surface area contributed by atoms with Gasteiger partial charge in [-0.1, -0.05) is 18.2 Å². The van der Waals surface area contributed by atoms with Crippen LogP contribution in [0.15, 0.2) is 30.4 Å². The first-order chi connectivity index (χ1) is 9.00. The third-order valence-corrected chi connectivity index (χ3v) is 3.16. The van der Waals surface area contributed by atoms with Crippen LogP contribution in [0.1, 0.15) is 5.56 Å². The summed E-state index contributed by atoms with van der Waals surface area (Å²) in [6.45, 7) is -0.132. The molecule has 0 aliphatic heterocycles. The van der Waals surface area contributed by atoms with Gasteiger partial charge in [-0.3, -0.25) is 0 Å². The Morgan fingerprint density at radius 2 is 1.63 bits per heavy atom. The molecule has 1 aliphatic rings. The lowest BCUT2D eigenvalue weighted by atomic mass is 9.94. The van der Waals surface area contributed by atoms with Crippen LogP contribution in [-0.2, 0) is 6.54 Å². The van der Waals surface area contributed by atoms with Gasteiger partial charge in [-0.2, -0.15) is 0 Å². The van der Waals surface area contributed by atoms with Crippen molar-refractivity contribution in [3.8, 4) is 0 Å². The molecule has 0 spiro atoms. The zero-order chi connectivity index (χ0) is 14.0. The zero-order valence-electron chi connectivity index (χ0n) is 10.0. The summed E-state index contributed by atoms with van der Waals surface area (Å²) in [5.41, 5.74) is -0.135. The molecule has 1 aliphatic carbocycles. The van der Waals surface area contributed by atoms with Gasteiger partial charge in [-0.15, -0.1) is 0 Å². The van der Waals surface area contributed by atoms with E-state index in [1.54, 1.807) is 0 Å². The number of halogens is 2. The summed E-state index contributed by atoms with van der Waals surface area (Å²) in [5, 5.41) is 31.2. The molecule has 1 aromatic carbocycles. The minimum atomic E-state index is -1.33. The van der Waals surface area contributed by atoms with Gasteiger partial charge in [0.25, 0.3) is 0 Å². The van der Waals surface area contributed by atoms with Crippen LogP contribution in [0.25, 0.3) is 0 Å². The molecule has 0 unspecified atom stereocenters. The predicted octanol–water partition coefficient (Wildman–Crippen LogP) is 0.0755. The minimum Gasteiger partial charge on any atom is -0.388 e. The number of aliphatic hydroxyl groups excluding tert-OH is 3. The first kappa shape index (κ1) is 14.1. The Labute approximate surface area is 109 Å². The van der Waals surface area contributed by atoms with Crippen LogP contribution in [-0.4, -0.2) is 39.7 Å². The molecule has 0 saturated carbocycles. The summed E-state index contributed by atoms with van der Waals surface area (Å²) in [7, 11) is 0. The quantitative estimate of drug-likeness (QED) is 0.587. The standard InChI is InChI=1S/C13H15F2NO3/c14-8-2-1-3-9(15)7(8)6-16-10-4-5-11(17)13(19)12(10)18/h1-5,10-13,16-19H,6H2/t10-,11-,12+,13+/m0/s1. The van der Waals surface area contributed by atoms with Crippen LogP contribution in [0.4, 0.5) is 8.78 Å². The SMILES string of the molecule is O[C@H]1[C@H](O)[C@@H](O)C=C[C@@H]1NCc1c(F)cccc1F. The normalized spacial score (nSPS) is 30.6. The van der Waals surface area contributed by atoms with Crippen LogP contribution in [0.2, 0.25) is 0 Å². The minimum absolute atomic E-state index is 0.132. The third-order valence-electron chi connectivity index (χ3n) is 3.16. The Hall–Kier alpha value is -1.34.